The van der Waals surface area contributed by atoms with Crippen LogP contribution in [0.3, 0.4) is 0 Å². The third-order valence-corrected chi connectivity index (χ3v) is 2.51. The van der Waals surface area contributed by atoms with Crippen LogP contribution in [0, 0.1) is 0 Å². The molecule has 0 radical (unpaired) electrons. The minimum Gasteiger partial charge on any atom is -0.274 e. The van der Waals surface area contributed by atoms with Crippen LogP contribution >= 0.6 is 0 Å². The summed E-state index contributed by atoms with van der Waals surface area (Å²) in [4.78, 5) is 0. The normalized spacial score (nSPS) is 17.1. The van der Waals surface area contributed by atoms with Gasteiger partial charge in [0, 0.05) is 13.1 Å². The van der Waals surface area contributed by atoms with Gasteiger partial charge in [-0.25, -0.2) is 5.01 Å². The predicted octanol–water partition coefficient (Wildman–Crippen LogP) is 0.122. The van der Waals surface area contributed by atoms with Crippen LogP contribution in [-0.2, 0) is 0 Å². The van der Waals surface area contributed by atoms with Crippen LogP contribution in [0.5, 0.6) is 0 Å². The maximum atomic E-state index is 6.04. The van der Waals surface area contributed by atoms with Gasteiger partial charge in [-0.2, -0.15) is 5.12 Å². The molecule has 0 unspecified atom stereocenters. The Morgan fingerprint density at radius 2 is 1.47 bits per heavy atom. The molecule has 0 saturated heterocycles. The molecular weight excluding hydrogens is 190 g/mol. The van der Waals surface area contributed by atoms with E-state index in [1.54, 1.807) is 5.12 Å². The van der Waals surface area contributed by atoms with E-state index in [2.05, 4.69) is 49.6 Å². The summed E-state index contributed by atoms with van der Waals surface area (Å²) in [5, 5.41) is 3.91. The molecule has 0 aromatic heterocycles. The largest absolute Gasteiger partial charge is 0.274 e. The Kier molecular flexibility index (Phi) is 6.38. The third kappa shape index (κ3) is 3.40. The van der Waals surface area contributed by atoms with Crippen LogP contribution in [0.25, 0.3) is 0 Å². The second kappa shape index (κ2) is 6.71. The number of rotatable bonds is 4. The highest BCUT2D eigenvalue weighted by Crippen LogP contribution is 2.21. The highest BCUT2D eigenvalue weighted by molar-refractivity contribution is 5.28. The van der Waals surface area contributed by atoms with Gasteiger partial charge >= 0.3 is 0 Å². The van der Waals surface area contributed by atoms with Gasteiger partial charge in [0.25, 0.3) is 0 Å². The van der Waals surface area contributed by atoms with Gasteiger partial charge in [0.05, 0.1) is 5.54 Å². The summed E-state index contributed by atoms with van der Waals surface area (Å²) >= 11 is 0. The number of hydrogen-bond acceptors (Lipinski definition) is 5. The maximum absolute atomic E-state index is 6.04. The lowest BCUT2D eigenvalue weighted by Crippen LogP contribution is -2.57. The predicted molar refractivity (Wildman–Crippen MR) is 64.0 cm³/mol. The molecule has 1 aliphatic carbocycles. The van der Waals surface area contributed by atoms with Crippen LogP contribution in [-0.4, -0.2) is 28.8 Å². The second-order valence-corrected chi connectivity index (χ2v) is 3.43. The quantitative estimate of drug-likeness (QED) is 0.456. The fourth-order valence-corrected chi connectivity index (χ4v) is 1.54. The van der Waals surface area contributed by atoms with Crippen LogP contribution in [0.2, 0.25) is 0 Å². The van der Waals surface area contributed by atoms with Crippen molar-refractivity contribution < 1.29 is 0 Å². The molecular formula is C10H23N5. The van der Waals surface area contributed by atoms with E-state index < -0.39 is 0 Å². The minimum absolute atomic E-state index is 0.147. The number of allylic oxidation sites excluding steroid dienone is 2. The lowest BCUT2D eigenvalue weighted by Gasteiger charge is -2.39. The molecule has 0 bridgehead atoms. The molecule has 0 spiro atoms. The van der Waals surface area contributed by atoms with Gasteiger partial charge in [-0.05, 0) is 6.92 Å². The Morgan fingerprint density at radius 1 is 1.07 bits per heavy atom. The molecule has 5 heteroatoms. The molecule has 0 amide bonds. The van der Waals surface area contributed by atoms with E-state index in [9.17, 15) is 0 Å². The fraction of sp³-hybridized carbons (Fsp3) is 0.600. The van der Waals surface area contributed by atoms with Gasteiger partial charge in [-0.3, -0.25) is 17.5 Å². The van der Waals surface area contributed by atoms with Crippen molar-refractivity contribution in [1.29, 1.82) is 0 Å². The molecule has 0 fully saturated rings. The SMILES string of the molecule is CCN(CC)N(N)C1(C)C=CC=C1.NN. The fourth-order valence-electron chi connectivity index (χ4n) is 1.54. The number of nitrogens with two attached hydrogens (primary N) is 3. The molecule has 0 atom stereocenters. The first-order chi connectivity index (χ1) is 7.14. The number of hydrogen-bond donors (Lipinski definition) is 3. The summed E-state index contributed by atoms with van der Waals surface area (Å²) in [6, 6.07) is 0. The minimum atomic E-state index is -0.147. The summed E-state index contributed by atoms with van der Waals surface area (Å²) in [5.74, 6) is 14.0. The molecule has 5 nitrogen and oxygen atoms in total. The van der Waals surface area contributed by atoms with Gasteiger partial charge in [0.2, 0.25) is 0 Å². The lowest BCUT2D eigenvalue weighted by atomic mass is 10.1. The first-order valence-corrected chi connectivity index (χ1v) is 5.14. The standard InChI is InChI=1S/C10H19N3.H4N2/c1-4-12(5-2)13(11)10(3)8-6-7-9-10;1-2/h6-9H,4-5,11H2,1-3H3;1-2H2. The summed E-state index contributed by atoms with van der Waals surface area (Å²) in [5.41, 5.74) is -0.147. The van der Waals surface area contributed by atoms with Crippen molar-refractivity contribution >= 4 is 0 Å². The Balaban J connectivity index is 0.000000921. The molecule has 1 aliphatic rings. The molecule has 15 heavy (non-hydrogen) atoms. The van der Waals surface area contributed by atoms with E-state index >= 15 is 0 Å². The van der Waals surface area contributed by atoms with E-state index in [0.29, 0.717) is 0 Å². The molecule has 0 aromatic carbocycles. The Bertz CT molecular complexity index is 208. The highest BCUT2D eigenvalue weighted by atomic mass is 15.8. The van der Waals surface area contributed by atoms with Crippen molar-refractivity contribution in [3.63, 3.8) is 0 Å². The molecule has 0 aromatic rings. The van der Waals surface area contributed by atoms with E-state index in [1.807, 2.05) is 12.2 Å². The van der Waals surface area contributed by atoms with Gasteiger partial charge in [-0.1, -0.05) is 38.2 Å². The van der Waals surface area contributed by atoms with Gasteiger partial charge in [-0.15, -0.1) is 0 Å². The van der Waals surface area contributed by atoms with E-state index in [4.69, 9.17) is 5.84 Å². The Labute approximate surface area is 92.1 Å². The molecule has 6 N–H and O–H groups in total. The average Bonchev–Trinajstić information content (AvgIpc) is 2.71. The van der Waals surface area contributed by atoms with Crippen LogP contribution in [0.4, 0.5) is 0 Å². The summed E-state index contributed by atoms with van der Waals surface area (Å²) in [7, 11) is 0. The zero-order chi connectivity index (χ0) is 11.9. The molecule has 0 aliphatic heterocycles. The van der Waals surface area contributed by atoms with Crippen LogP contribution in [0.15, 0.2) is 24.3 Å². The Hall–Kier alpha value is -0.720. The summed E-state index contributed by atoms with van der Waals surface area (Å²) in [6.45, 7) is 8.18. The number of nitrogens with zero attached hydrogens (tertiary/aromatic N) is 2. The van der Waals surface area contributed by atoms with Gasteiger partial charge < -0.3 is 0 Å². The van der Waals surface area contributed by atoms with Crippen LogP contribution in [0.1, 0.15) is 20.8 Å². The summed E-state index contributed by atoms with van der Waals surface area (Å²) in [6.07, 6.45) is 8.27. The van der Waals surface area contributed by atoms with Crippen molar-refractivity contribution in [1.82, 2.24) is 10.1 Å². The molecule has 1 rings (SSSR count). The molecule has 0 heterocycles. The van der Waals surface area contributed by atoms with Gasteiger partial charge in [0.1, 0.15) is 0 Å². The van der Waals surface area contributed by atoms with Crippen molar-refractivity contribution in [2.75, 3.05) is 13.1 Å². The highest BCUT2D eigenvalue weighted by Gasteiger charge is 2.28. The topological polar surface area (TPSA) is 84.5 Å². The molecule has 0 saturated carbocycles. The van der Waals surface area contributed by atoms with Crippen LogP contribution < -0.4 is 17.5 Å². The summed E-state index contributed by atoms with van der Waals surface area (Å²) < 4.78 is 0. The Morgan fingerprint density at radius 3 is 1.80 bits per heavy atom. The monoisotopic (exact) mass is 213 g/mol. The second-order valence-electron chi connectivity index (χ2n) is 3.43. The third-order valence-electron chi connectivity index (χ3n) is 2.51. The average molecular weight is 213 g/mol. The van der Waals surface area contributed by atoms with E-state index in [1.165, 1.54) is 0 Å². The van der Waals surface area contributed by atoms with E-state index in [-0.39, 0.29) is 5.54 Å². The lowest BCUT2D eigenvalue weighted by molar-refractivity contribution is -0.0630. The maximum Gasteiger partial charge on any atom is 0.0847 e. The molecule has 88 valence electrons. The van der Waals surface area contributed by atoms with Gasteiger partial charge in [0.15, 0.2) is 0 Å². The van der Waals surface area contributed by atoms with E-state index in [0.717, 1.165) is 13.1 Å². The van der Waals surface area contributed by atoms with Crippen molar-refractivity contribution in [3.8, 4) is 0 Å². The first-order valence-electron chi connectivity index (χ1n) is 5.14. The first kappa shape index (κ1) is 14.3. The van der Waals surface area contributed by atoms with Crippen molar-refractivity contribution in [2.45, 2.75) is 26.3 Å². The van der Waals surface area contributed by atoms with Crippen molar-refractivity contribution in [2.24, 2.45) is 17.5 Å². The number of hydrazine groups is 3. The smallest absolute Gasteiger partial charge is 0.0847 e. The zero-order valence-electron chi connectivity index (χ0n) is 9.85. The zero-order valence-corrected chi connectivity index (χ0v) is 9.85. The van der Waals surface area contributed by atoms with Crippen molar-refractivity contribution in [3.05, 3.63) is 24.3 Å².